The molecule has 0 radical (unpaired) electrons. The molecule has 1 aromatic carbocycles. The number of hydrogen-bond acceptors (Lipinski definition) is 5. The molecule has 0 unspecified atom stereocenters. The Hall–Kier alpha value is -2.44. The second-order valence-corrected chi connectivity index (χ2v) is 4.73. The van der Waals surface area contributed by atoms with Crippen molar-refractivity contribution in [3.63, 3.8) is 0 Å². The quantitative estimate of drug-likeness (QED) is 0.797. The fourth-order valence-electron chi connectivity index (χ4n) is 1.66. The third kappa shape index (κ3) is 4.54. The summed E-state index contributed by atoms with van der Waals surface area (Å²) in [6.45, 7) is 4.45. The minimum absolute atomic E-state index is 0.0179. The van der Waals surface area contributed by atoms with Gasteiger partial charge in [-0.1, -0.05) is 0 Å². The van der Waals surface area contributed by atoms with Gasteiger partial charge in [-0.15, -0.1) is 0 Å². The summed E-state index contributed by atoms with van der Waals surface area (Å²) in [7, 11) is 0. The maximum Gasteiger partial charge on any atom is 0.257 e. The van der Waals surface area contributed by atoms with E-state index in [0.29, 0.717) is 18.2 Å². The van der Waals surface area contributed by atoms with Crippen molar-refractivity contribution in [3.05, 3.63) is 42.2 Å². The number of ether oxygens (including phenoxy) is 2. The molecule has 0 aliphatic carbocycles. The molecule has 2 rings (SSSR count). The number of hydrogen-bond donors (Lipinski definition) is 1. The number of rotatable bonds is 7. The van der Waals surface area contributed by atoms with Crippen LogP contribution in [0, 0.1) is 11.6 Å². The Morgan fingerprint density at radius 2 is 1.91 bits per heavy atom. The zero-order chi connectivity index (χ0) is 15.9. The highest BCUT2D eigenvalue weighted by Crippen LogP contribution is 2.19. The predicted molar refractivity (Wildman–Crippen MR) is 78.1 cm³/mol. The average molecular weight is 309 g/mol. The van der Waals surface area contributed by atoms with Crippen LogP contribution in [0.15, 0.2) is 30.6 Å². The number of anilines is 1. The van der Waals surface area contributed by atoms with Gasteiger partial charge in [0.05, 0.1) is 12.6 Å². The minimum atomic E-state index is -0.938. The van der Waals surface area contributed by atoms with Gasteiger partial charge in [0, 0.05) is 18.5 Å². The summed E-state index contributed by atoms with van der Waals surface area (Å²) in [6, 6.07) is 3.40. The van der Waals surface area contributed by atoms with Gasteiger partial charge in [-0.2, -0.15) is 0 Å². The SMILES string of the molecule is CC(C)Oc1nccnc1NCCOc1ccc(F)c(F)c1. The number of aromatic nitrogens is 2. The number of nitrogens with one attached hydrogen (secondary N) is 1. The third-order valence-electron chi connectivity index (χ3n) is 2.57. The van der Waals surface area contributed by atoms with Crippen LogP contribution in [0.2, 0.25) is 0 Å². The molecule has 0 fully saturated rings. The van der Waals surface area contributed by atoms with Gasteiger partial charge in [0.15, 0.2) is 17.5 Å². The van der Waals surface area contributed by atoms with Gasteiger partial charge in [-0.3, -0.25) is 0 Å². The van der Waals surface area contributed by atoms with Crippen molar-refractivity contribution in [1.29, 1.82) is 0 Å². The van der Waals surface area contributed by atoms with Crippen molar-refractivity contribution < 1.29 is 18.3 Å². The van der Waals surface area contributed by atoms with Crippen molar-refractivity contribution in [2.45, 2.75) is 20.0 Å². The molecule has 118 valence electrons. The standard InChI is InChI=1S/C15H17F2N3O2/c1-10(2)22-15-14(18-5-6-20-15)19-7-8-21-11-3-4-12(16)13(17)9-11/h3-6,9-10H,7-8H2,1-2H3,(H,18,19). The van der Waals surface area contributed by atoms with E-state index in [-0.39, 0.29) is 18.5 Å². The Bertz CT molecular complexity index is 623. The maximum atomic E-state index is 13.0. The molecule has 5 nitrogen and oxygen atoms in total. The Kier molecular flexibility index (Phi) is 5.46. The molecule has 0 aliphatic heterocycles. The van der Waals surface area contributed by atoms with Crippen molar-refractivity contribution in [3.8, 4) is 11.6 Å². The Balaban J connectivity index is 1.85. The predicted octanol–water partition coefficient (Wildman–Crippen LogP) is 3.03. The van der Waals surface area contributed by atoms with Crippen LogP contribution in [0.5, 0.6) is 11.6 Å². The molecule has 0 aliphatic rings. The molecule has 0 bridgehead atoms. The molecule has 0 saturated carbocycles. The molecular weight excluding hydrogens is 292 g/mol. The van der Waals surface area contributed by atoms with Crippen LogP contribution >= 0.6 is 0 Å². The fraction of sp³-hybridized carbons (Fsp3) is 0.333. The van der Waals surface area contributed by atoms with Gasteiger partial charge < -0.3 is 14.8 Å². The van der Waals surface area contributed by atoms with E-state index in [4.69, 9.17) is 9.47 Å². The summed E-state index contributed by atoms with van der Waals surface area (Å²) >= 11 is 0. The van der Waals surface area contributed by atoms with Crippen LogP contribution in [0.25, 0.3) is 0 Å². The zero-order valence-corrected chi connectivity index (χ0v) is 12.3. The van der Waals surface area contributed by atoms with Crippen LogP contribution in [0.3, 0.4) is 0 Å². The van der Waals surface area contributed by atoms with Crippen molar-refractivity contribution in [1.82, 2.24) is 9.97 Å². The molecule has 2 aromatic rings. The number of nitrogens with zero attached hydrogens (tertiary/aromatic N) is 2. The summed E-state index contributed by atoms with van der Waals surface area (Å²) in [4.78, 5) is 8.24. The fourth-order valence-corrected chi connectivity index (χ4v) is 1.66. The first-order valence-electron chi connectivity index (χ1n) is 6.85. The van der Waals surface area contributed by atoms with Gasteiger partial charge >= 0.3 is 0 Å². The van der Waals surface area contributed by atoms with Crippen LogP contribution in [-0.4, -0.2) is 29.2 Å². The van der Waals surface area contributed by atoms with E-state index in [1.807, 2.05) is 13.8 Å². The largest absolute Gasteiger partial charge is 0.492 e. The maximum absolute atomic E-state index is 13.0. The van der Waals surface area contributed by atoms with Crippen molar-refractivity contribution in [2.75, 3.05) is 18.5 Å². The van der Waals surface area contributed by atoms with Crippen LogP contribution in [0.1, 0.15) is 13.8 Å². The summed E-state index contributed by atoms with van der Waals surface area (Å²) in [5, 5.41) is 3.02. The van der Waals surface area contributed by atoms with Crippen molar-refractivity contribution >= 4 is 5.82 Å². The monoisotopic (exact) mass is 309 g/mol. The lowest BCUT2D eigenvalue weighted by molar-refractivity contribution is 0.233. The summed E-state index contributed by atoms with van der Waals surface area (Å²) in [5.74, 6) is -0.665. The summed E-state index contributed by atoms with van der Waals surface area (Å²) in [5.41, 5.74) is 0. The van der Waals surface area contributed by atoms with Crippen molar-refractivity contribution in [2.24, 2.45) is 0 Å². The summed E-state index contributed by atoms with van der Waals surface area (Å²) < 4.78 is 36.7. The molecule has 1 aromatic heterocycles. The van der Waals surface area contributed by atoms with E-state index in [9.17, 15) is 8.78 Å². The lowest BCUT2D eigenvalue weighted by Crippen LogP contribution is -2.15. The smallest absolute Gasteiger partial charge is 0.257 e. The normalized spacial score (nSPS) is 10.6. The Labute approximate surface area is 127 Å². The van der Waals surface area contributed by atoms with E-state index in [1.54, 1.807) is 12.4 Å². The Morgan fingerprint density at radius 3 is 2.64 bits per heavy atom. The van der Waals surface area contributed by atoms with E-state index < -0.39 is 11.6 Å². The Morgan fingerprint density at radius 1 is 1.14 bits per heavy atom. The van der Waals surface area contributed by atoms with Crippen LogP contribution < -0.4 is 14.8 Å². The van der Waals surface area contributed by atoms with E-state index in [1.165, 1.54) is 6.07 Å². The van der Waals surface area contributed by atoms with Gasteiger partial charge in [-0.05, 0) is 26.0 Å². The molecule has 0 amide bonds. The highest BCUT2D eigenvalue weighted by Gasteiger charge is 2.08. The second kappa shape index (κ2) is 7.53. The first-order valence-corrected chi connectivity index (χ1v) is 6.85. The van der Waals surface area contributed by atoms with Gasteiger partial charge in [-0.25, -0.2) is 18.7 Å². The highest BCUT2D eigenvalue weighted by atomic mass is 19.2. The minimum Gasteiger partial charge on any atom is -0.492 e. The lowest BCUT2D eigenvalue weighted by atomic mass is 10.3. The topological polar surface area (TPSA) is 56.3 Å². The first kappa shape index (κ1) is 15.9. The molecule has 0 spiro atoms. The molecule has 22 heavy (non-hydrogen) atoms. The van der Waals surface area contributed by atoms with E-state index in [0.717, 1.165) is 12.1 Å². The summed E-state index contributed by atoms with van der Waals surface area (Å²) in [6.07, 6.45) is 3.07. The molecule has 1 N–H and O–H groups in total. The zero-order valence-electron chi connectivity index (χ0n) is 12.3. The van der Waals surface area contributed by atoms with Crippen LogP contribution in [-0.2, 0) is 0 Å². The molecule has 0 saturated heterocycles. The lowest BCUT2D eigenvalue weighted by Gasteiger charge is -2.13. The number of halogens is 2. The first-order chi connectivity index (χ1) is 10.6. The molecular formula is C15H17F2N3O2. The molecule has 0 atom stereocenters. The highest BCUT2D eigenvalue weighted by molar-refractivity contribution is 5.44. The average Bonchev–Trinajstić information content (AvgIpc) is 2.48. The van der Waals surface area contributed by atoms with E-state index in [2.05, 4.69) is 15.3 Å². The van der Waals surface area contributed by atoms with Gasteiger partial charge in [0.1, 0.15) is 12.4 Å². The number of benzene rings is 1. The van der Waals surface area contributed by atoms with Gasteiger partial charge in [0.25, 0.3) is 5.88 Å². The molecule has 7 heteroatoms. The van der Waals surface area contributed by atoms with Crippen LogP contribution in [0.4, 0.5) is 14.6 Å². The third-order valence-corrected chi connectivity index (χ3v) is 2.57. The van der Waals surface area contributed by atoms with E-state index >= 15 is 0 Å². The second-order valence-electron chi connectivity index (χ2n) is 4.73. The van der Waals surface area contributed by atoms with Gasteiger partial charge in [0.2, 0.25) is 0 Å². The molecule has 1 heterocycles.